The number of anilines is 1. The molecule has 2 rings (SSSR count). The van der Waals surface area contributed by atoms with E-state index in [0.29, 0.717) is 6.54 Å². The maximum absolute atomic E-state index is 11.9. The van der Waals surface area contributed by atoms with Crippen molar-refractivity contribution >= 4 is 11.8 Å². The minimum absolute atomic E-state index is 0.226. The Bertz CT molecular complexity index is 537. The van der Waals surface area contributed by atoms with Crippen LogP contribution in [-0.2, 0) is 11.2 Å². The summed E-state index contributed by atoms with van der Waals surface area (Å²) in [4.78, 5) is 14.3. The largest absolute Gasteiger partial charge is 0.444 e. The summed E-state index contributed by atoms with van der Waals surface area (Å²) < 4.78 is 5.30. The van der Waals surface area contributed by atoms with E-state index in [4.69, 9.17) is 10.5 Å². The highest BCUT2D eigenvalue weighted by Gasteiger charge is 2.22. The molecule has 0 saturated heterocycles. The van der Waals surface area contributed by atoms with Gasteiger partial charge in [-0.3, -0.25) is 0 Å². The van der Waals surface area contributed by atoms with E-state index < -0.39 is 11.7 Å². The standard InChI is InChI=1S/C17H27N3O2/c1-5-20-9-8-13-10-12(6-7-15(13)20)14(11-18)19-16(21)22-17(2,3)4/h6-7,10,14H,5,8-9,11,18H2,1-4H3,(H,19,21). The van der Waals surface area contributed by atoms with Crippen molar-refractivity contribution in [3.8, 4) is 0 Å². The van der Waals surface area contributed by atoms with Crippen molar-refractivity contribution in [2.45, 2.75) is 45.8 Å². The Kier molecular flexibility index (Phi) is 4.96. The molecule has 1 unspecified atom stereocenters. The molecule has 0 saturated carbocycles. The molecule has 0 radical (unpaired) electrons. The molecule has 5 heteroatoms. The number of carbonyl (C=O) groups excluding carboxylic acids is 1. The topological polar surface area (TPSA) is 67.6 Å². The number of benzene rings is 1. The van der Waals surface area contributed by atoms with Crippen LogP contribution in [0, 0.1) is 0 Å². The van der Waals surface area contributed by atoms with Gasteiger partial charge in [-0.25, -0.2) is 4.79 Å². The number of hydrogen-bond acceptors (Lipinski definition) is 4. The molecular formula is C17H27N3O2. The van der Waals surface area contributed by atoms with Crippen LogP contribution in [0.25, 0.3) is 0 Å². The monoisotopic (exact) mass is 305 g/mol. The fourth-order valence-electron chi connectivity index (χ4n) is 2.76. The lowest BCUT2D eigenvalue weighted by atomic mass is 10.0. The lowest BCUT2D eigenvalue weighted by Crippen LogP contribution is -2.37. The van der Waals surface area contributed by atoms with Gasteiger partial charge in [-0.1, -0.05) is 12.1 Å². The molecule has 0 fully saturated rings. The fraction of sp³-hybridized carbons (Fsp3) is 0.588. The maximum atomic E-state index is 11.9. The molecule has 0 aliphatic carbocycles. The molecule has 1 amide bonds. The van der Waals surface area contributed by atoms with Crippen LogP contribution in [0.15, 0.2) is 18.2 Å². The molecule has 0 aromatic heterocycles. The lowest BCUT2D eigenvalue weighted by Gasteiger charge is -2.24. The molecule has 1 heterocycles. The molecule has 3 N–H and O–H groups in total. The van der Waals surface area contributed by atoms with E-state index >= 15 is 0 Å². The number of fused-ring (bicyclic) bond motifs is 1. The van der Waals surface area contributed by atoms with Gasteiger partial charge in [0.05, 0.1) is 6.04 Å². The SMILES string of the molecule is CCN1CCc2cc(C(CN)NC(=O)OC(C)(C)C)ccc21. The van der Waals surface area contributed by atoms with E-state index in [9.17, 15) is 4.79 Å². The third-order valence-corrected chi connectivity index (χ3v) is 3.81. The smallest absolute Gasteiger partial charge is 0.408 e. The number of carbonyl (C=O) groups is 1. The average Bonchev–Trinajstić information content (AvgIpc) is 2.84. The summed E-state index contributed by atoms with van der Waals surface area (Å²) in [6, 6.07) is 6.10. The van der Waals surface area contributed by atoms with Crippen LogP contribution >= 0.6 is 0 Å². The molecule has 0 bridgehead atoms. The molecule has 0 spiro atoms. The Morgan fingerprint density at radius 3 is 2.77 bits per heavy atom. The van der Waals surface area contributed by atoms with Gasteiger partial charge in [0.2, 0.25) is 0 Å². The zero-order chi connectivity index (χ0) is 16.3. The number of ether oxygens (including phenoxy) is 1. The normalized spacial score (nSPS) is 15.4. The van der Waals surface area contributed by atoms with Crippen molar-refractivity contribution in [2.24, 2.45) is 5.73 Å². The average molecular weight is 305 g/mol. The molecule has 1 aromatic carbocycles. The van der Waals surface area contributed by atoms with Gasteiger partial charge in [0.25, 0.3) is 0 Å². The summed E-state index contributed by atoms with van der Waals surface area (Å²) in [6.45, 7) is 10.1. The van der Waals surface area contributed by atoms with Gasteiger partial charge < -0.3 is 20.7 Å². The van der Waals surface area contributed by atoms with Crippen LogP contribution < -0.4 is 16.0 Å². The van der Waals surface area contributed by atoms with Crippen molar-refractivity contribution in [1.82, 2.24) is 5.32 Å². The van der Waals surface area contributed by atoms with Gasteiger partial charge in [0.1, 0.15) is 5.60 Å². The minimum Gasteiger partial charge on any atom is -0.444 e. The third kappa shape index (κ3) is 3.91. The Hall–Kier alpha value is -1.75. The summed E-state index contributed by atoms with van der Waals surface area (Å²) >= 11 is 0. The molecular weight excluding hydrogens is 278 g/mol. The minimum atomic E-state index is -0.511. The van der Waals surface area contributed by atoms with Crippen LogP contribution in [0.4, 0.5) is 10.5 Å². The summed E-state index contributed by atoms with van der Waals surface area (Å²) in [6.07, 6.45) is 0.611. The van der Waals surface area contributed by atoms with Crippen molar-refractivity contribution in [3.63, 3.8) is 0 Å². The Morgan fingerprint density at radius 1 is 1.45 bits per heavy atom. The van der Waals surface area contributed by atoms with Gasteiger partial charge in [-0.2, -0.15) is 0 Å². The number of nitrogens with zero attached hydrogens (tertiary/aromatic N) is 1. The Labute approximate surface area is 132 Å². The van der Waals surface area contributed by atoms with E-state index in [1.807, 2.05) is 26.8 Å². The summed E-state index contributed by atoms with van der Waals surface area (Å²) in [7, 11) is 0. The lowest BCUT2D eigenvalue weighted by molar-refractivity contribution is 0.0505. The first kappa shape index (κ1) is 16.6. The first-order valence-corrected chi connectivity index (χ1v) is 7.91. The molecule has 1 aliphatic rings. The van der Waals surface area contributed by atoms with Gasteiger partial charge in [0, 0.05) is 25.3 Å². The number of alkyl carbamates (subject to hydrolysis) is 1. The summed E-state index contributed by atoms with van der Waals surface area (Å²) in [5.74, 6) is 0. The number of hydrogen-bond donors (Lipinski definition) is 2. The van der Waals surface area contributed by atoms with E-state index in [2.05, 4.69) is 29.3 Å². The molecule has 1 atom stereocenters. The zero-order valence-electron chi connectivity index (χ0n) is 14.0. The fourth-order valence-corrected chi connectivity index (χ4v) is 2.76. The van der Waals surface area contributed by atoms with Gasteiger partial charge >= 0.3 is 6.09 Å². The van der Waals surface area contributed by atoms with Crippen molar-refractivity contribution in [2.75, 3.05) is 24.5 Å². The quantitative estimate of drug-likeness (QED) is 0.897. The first-order valence-electron chi connectivity index (χ1n) is 7.91. The van der Waals surface area contributed by atoms with Crippen LogP contribution in [0.1, 0.15) is 44.9 Å². The van der Waals surface area contributed by atoms with Gasteiger partial charge in [0.15, 0.2) is 0 Å². The van der Waals surface area contributed by atoms with Crippen LogP contribution in [0.3, 0.4) is 0 Å². The van der Waals surface area contributed by atoms with Crippen molar-refractivity contribution < 1.29 is 9.53 Å². The van der Waals surface area contributed by atoms with Gasteiger partial charge in [-0.15, -0.1) is 0 Å². The van der Waals surface area contributed by atoms with Gasteiger partial charge in [-0.05, 0) is 51.3 Å². The van der Waals surface area contributed by atoms with Crippen LogP contribution in [0.2, 0.25) is 0 Å². The number of likely N-dealkylation sites (N-methyl/N-ethyl adjacent to an activating group) is 1. The highest BCUT2D eigenvalue weighted by Crippen LogP contribution is 2.30. The number of rotatable bonds is 4. The van der Waals surface area contributed by atoms with Crippen LogP contribution in [0.5, 0.6) is 0 Å². The Morgan fingerprint density at radius 2 is 2.18 bits per heavy atom. The second-order valence-corrected chi connectivity index (χ2v) is 6.65. The highest BCUT2D eigenvalue weighted by molar-refractivity contribution is 5.69. The molecule has 22 heavy (non-hydrogen) atoms. The maximum Gasteiger partial charge on any atom is 0.408 e. The molecule has 122 valence electrons. The zero-order valence-corrected chi connectivity index (χ0v) is 14.0. The van der Waals surface area contributed by atoms with E-state index in [-0.39, 0.29) is 6.04 Å². The van der Waals surface area contributed by atoms with Crippen LogP contribution in [-0.4, -0.2) is 31.3 Å². The molecule has 1 aliphatic heterocycles. The highest BCUT2D eigenvalue weighted by atomic mass is 16.6. The molecule has 5 nitrogen and oxygen atoms in total. The van der Waals surface area contributed by atoms with Crippen molar-refractivity contribution in [3.05, 3.63) is 29.3 Å². The second kappa shape index (κ2) is 6.57. The van der Waals surface area contributed by atoms with E-state index in [0.717, 1.165) is 25.1 Å². The summed E-state index contributed by atoms with van der Waals surface area (Å²) in [5, 5.41) is 2.86. The predicted octanol–water partition coefficient (Wildman–Crippen LogP) is 2.59. The number of amides is 1. The Balaban J connectivity index is 2.10. The second-order valence-electron chi connectivity index (χ2n) is 6.65. The van der Waals surface area contributed by atoms with Crippen molar-refractivity contribution in [1.29, 1.82) is 0 Å². The summed E-state index contributed by atoms with van der Waals surface area (Å²) in [5.41, 5.74) is 8.97. The number of nitrogens with one attached hydrogen (secondary N) is 1. The van der Waals surface area contributed by atoms with E-state index in [1.54, 1.807) is 0 Å². The molecule has 1 aromatic rings. The number of nitrogens with two attached hydrogens (primary N) is 1. The predicted molar refractivity (Wildman–Crippen MR) is 89.2 cm³/mol. The third-order valence-electron chi connectivity index (χ3n) is 3.81. The first-order chi connectivity index (χ1) is 10.3. The van der Waals surface area contributed by atoms with E-state index in [1.165, 1.54) is 11.3 Å².